The molecule has 0 radical (unpaired) electrons. The molecule has 2 fully saturated rings. The molecule has 142 valence electrons. The molecule has 2 atom stereocenters. The lowest BCUT2D eigenvalue weighted by Crippen LogP contribution is -2.68. The molecule has 2 saturated heterocycles. The molecule has 1 aromatic heterocycles. The average molecular weight is 388 g/mol. The topological polar surface area (TPSA) is 70.5 Å². The Morgan fingerprint density at radius 3 is 2.85 bits per heavy atom. The van der Waals surface area contributed by atoms with E-state index in [1.165, 1.54) is 0 Å². The molecule has 2 aromatic rings. The lowest BCUT2D eigenvalue weighted by Gasteiger charge is -2.45. The zero-order valence-corrected chi connectivity index (χ0v) is 15.9. The monoisotopic (exact) mass is 387 g/mol. The summed E-state index contributed by atoms with van der Waals surface area (Å²) in [6.07, 6.45) is 4.39. The SMILES string of the molecule is CC[C@@H]1NC(=O)[C@H]2CN(Cc3cnn(-c4ccccc4Cl)c3)CCN2C1=O. The van der Waals surface area contributed by atoms with Crippen molar-refractivity contribution in [3.8, 4) is 5.69 Å². The fourth-order valence-electron chi connectivity index (χ4n) is 3.75. The van der Waals surface area contributed by atoms with Gasteiger partial charge >= 0.3 is 0 Å². The summed E-state index contributed by atoms with van der Waals surface area (Å²) in [5, 5.41) is 7.89. The van der Waals surface area contributed by atoms with Crippen molar-refractivity contribution in [3.63, 3.8) is 0 Å². The predicted molar refractivity (Wildman–Crippen MR) is 102 cm³/mol. The minimum Gasteiger partial charge on any atom is -0.342 e. The van der Waals surface area contributed by atoms with E-state index in [2.05, 4.69) is 15.3 Å². The molecule has 0 unspecified atom stereocenters. The van der Waals surface area contributed by atoms with Crippen molar-refractivity contribution in [2.75, 3.05) is 19.6 Å². The van der Waals surface area contributed by atoms with Gasteiger partial charge in [0.2, 0.25) is 11.8 Å². The highest BCUT2D eigenvalue weighted by atomic mass is 35.5. The van der Waals surface area contributed by atoms with Crippen LogP contribution in [-0.2, 0) is 16.1 Å². The van der Waals surface area contributed by atoms with Crippen LogP contribution in [0.1, 0.15) is 18.9 Å². The summed E-state index contributed by atoms with van der Waals surface area (Å²) in [5.41, 5.74) is 1.87. The van der Waals surface area contributed by atoms with E-state index in [0.717, 1.165) is 17.8 Å². The largest absolute Gasteiger partial charge is 0.342 e. The molecule has 2 aliphatic rings. The van der Waals surface area contributed by atoms with E-state index in [1.807, 2.05) is 43.6 Å². The van der Waals surface area contributed by atoms with E-state index in [-0.39, 0.29) is 17.9 Å². The van der Waals surface area contributed by atoms with Crippen LogP contribution in [0.5, 0.6) is 0 Å². The number of halogens is 1. The summed E-state index contributed by atoms with van der Waals surface area (Å²) in [6.45, 7) is 4.43. The second-order valence-electron chi connectivity index (χ2n) is 7.00. The summed E-state index contributed by atoms with van der Waals surface area (Å²) in [4.78, 5) is 28.8. The Balaban J connectivity index is 1.44. The molecule has 1 aromatic carbocycles. The smallest absolute Gasteiger partial charge is 0.245 e. The highest BCUT2D eigenvalue weighted by Crippen LogP contribution is 2.21. The third-order valence-electron chi connectivity index (χ3n) is 5.21. The Hall–Kier alpha value is -2.38. The van der Waals surface area contributed by atoms with E-state index >= 15 is 0 Å². The zero-order chi connectivity index (χ0) is 19.0. The van der Waals surface area contributed by atoms with E-state index < -0.39 is 6.04 Å². The number of para-hydroxylation sites is 1. The summed E-state index contributed by atoms with van der Waals surface area (Å²) >= 11 is 6.24. The number of carbonyl (C=O) groups is 2. The first-order chi connectivity index (χ1) is 13.1. The highest BCUT2D eigenvalue weighted by molar-refractivity contribution is 6.32. The molecule has 2 amide bonds. The van der Waals surface area contributed by atoms with E-state index in [0.29, 0.717) is 31.1 Å². The standard InChI is InChI=1S/C19H22ClN5O2/c1-2-15-19(27)24-8-7-23(12-17(24)18(26)22-15)10-13-9-21-25(11-13)16-6-4-3-5-14(16)20/h3-6,9,11,15,17H,2,7-8,10,12H2,1H3,(H,22,26)/t15-,17+/m0/s1. The minimum atomic E-state index is -0.410. The van der Waals surface area contributed by atoms with Crippen molar-refractivity contribution in [2.24, 2.45) is 0 Å². The Labute approximate surface area is 162 Å². The fourth-order valence-corrected chi connectivity index (χ4v) is 3.97. The molecule has 2 aliphatic heterocycles. The lowest BCUT2D eigenvalue weighted by atomic mass is 10.0. The molecule has 4 rings (SSSR count). The van der Waals surface area contributed by atoms with E-state index in [1.54, 1.807) is 9.58 Å². The van der Waals surface area contributed by atoms with Crippen molar-refractivity contribution < 1.29 is 9.59 Å². The first-order valence-corrected chi connectivity index (χ1v) is 9.56. The van der Waals surface area contributed by atoms with Gasteiger partial charge in [0.05, 0.1) is 16.9 Å². The molecular formula is C19H22ClN5O2. The number of piperazine rings is 2. The number of nitrogens with zero attached hydrogens (tertiary/aromatic N) is 4. The highest BCUT2D eigenvalue weighted by Gasteiger charge is 2.42. The molecule has 0 aliphatic carbocycles. The first-order valence-electron chi connectivity index (χ1n) is 9.18. The third-order valence-corrected chi connectivity index (χ3v) is 5.53. The fraction of sp³-hybridized carbons (Fsp3) is 0.421. The second-order valence-corrected chi connectivity index (χ2v) is 7.40. The van der Waals surface area contributed by atoms with Gasteiger partial charge in [-0.1, -0.05) is 30.7 Å². The van der Waals surface area contributed by atoms with Crippen LogP contribution in [0.4, 0.5) is 0 Å². The summed E-state index contributed by atoms with van der Waals surface area (Å²) < 4.78 is 1.76. The predicted octanol–water partition coefficient (Wildman–Crippen LogP) is 1.45. The second kappa shape index (κ2) is 7.32. The number of aromatic nitrogens is 2. The van der Waals surface area contributed by atoms with Crippen molar-refractivity contribution >= 4 is 23.4 Å². The van der Waals surface area contributed by atoms with E-state index in [4.69, 9.17) is 11.6 Å². The van der Waals surface area contributed by atoms with Gasteiger partial charge in [-0.15, -0.1) is 0 Å². The van der Waals surface area contributed by atoms with E-state index in [9.17, 15) is 9.59 Å². The van der Waals surface area contributed by atoms with Crippen molar-refractivity contribution in [1.82, 2.24) is 24.9 Å². The third kappa shape index (κ3) is 3.44. The minimum absolute atomic E-state index is 0.0355. The quantitative estimate of drug-likeness (QED) is 0.862. The van der Waals surface area contributed by atoms with Crippen molar-refractivity contribution in [1.29, 1.82) is 0 Å². The van der Waals surface area contributed by atoms with Crippen LogP contribution >= 0.6 is 11.6 Å². The molecule has 0 saturated carbocycles. The van der Waals surface area contributed by atoms with Crippen molar-refractivity contribution in [2.45, 2.75) is 32.0 Å². The number of amides is 2. The number of hydrogen-bond donors (Lipinski definition) is 1. The van der Waals surface area contributed by atoms with Crippen LogP contribution in [0.2, 0.25) is 5.02 Å². The number of fused-ring (bicyclic) bond motifs is 1. The molecule has 7 nitrogen and oxygen atoms in total. The number of benzene rings is 1. The molecule has 3 heterocycles. The number of carbonyl (C=O) groups excluding carboxylic acids is 2. The van der Waals surface area contributed by atoms with Crippen LogP contribution in [0.15, 0.2) is 36.7 Å². The molecule has 27 heavy (non-hydrogen) atoms. The summed E-state index contributed by atoms with van der Waals surface area (Å²) in [6, 6.07) is 6.76. The molecule has 0 spiro atoms. The molecular weight excluding hydrogens is 366 g/mol. The Kier molecular flexibility index (Phi) is 4.88. The van der Waals surface area contributed by atoms with Gasteiger partial charge in [0.1, 0.15) is 12.1 Å². The lowest BCUT2D eigenvalue weighted by molar-refractivity contribution is -0.153. The van der Waals surface area contributed by atoms with Gasteiger partial charge in [-0.05, 0) is 18.6 Å². The zero-order valence-electron chi connectivity index (χ0n) is 15.1. The maximum Gasteiger partial charge on any atom is 0.245 e. The Morgan fingerprint density at radius 2 is 2.07 bits per heavy atom. The maximum atomic E-state index is 12.5. The molecule has 1 N–H and O–H groups in total. The number of rotatable bonds is 4. The Bertz CT molecular complexity index is 867. The van der Waals surface area contributed by atoms with Crippen LogP contribution < -0.4 is 5.32 Å². The van der Waals surface area contributed by atoms with Crippen molar-refractivity contribution in [3.05, 3.63) is 47.2 Å². The van der Waals surface area contributed by atoms with Gasteiger partial charge in [0, 0.05) is 37.9 Å². The number of nitrogens with one attached hydrogen (secondary N) is 1. The van der Waals surface area contributed by atoms with Gasteiger partial charge < -0.3 is 10.2 Å². The maximum absolute atomic E-state index is 12.5. The summed E-state index contributed by atoms with van der Waals surface area (Å²) in [7, 11) is 0. The molecule has 0 bridgehead atoms. The first kappa shape index (κ1) is 18.0. The van der Waals surface area contributed by atoms with Crippen LogP contribution in [0.3, 0.4) is 0 Å². The summed E-state index contributed by atoms with van der Waals surface area (Å²) in [5.74, 6) is -0.0220. The van der Waals surface area contributed by atoms with Crippen LogP contribution in [0.25, 0.3) is 5.69 Å². The average Bonchev–Trinajstić information content (AvgIpc) is 3.13. The van der Waals surface area contributed by atoms with Gasteiger partial charge in [-0.2, -0.15) is 5.10 Å². The van der Waals surface area contributed by atoms with Gasteiger partial charge in [0.15, 0.2) is 0 Å². The van der Waals surface area contributed by atoms with Crippen LogP contribution in [-0.4, -0.2) is 63.1 Å². The molecule has 8 heteroatoms. The van der Waals surface area contributed by atoms with Gasteiger partial charge in [0.25, 0.3) is 0 Å². The Morgan fingerprint density at radius 1 is 1.26 bits per heavy atom. The number of hydrogen-bond acceptors (Lipinski definition) is 4. The normalized spacial score (nSPS) is 23.3. The van der Waals surface area contributed by atoms with Gasteiger partial charge in [-0.25, -0.2) is 4.68 Å². The van der Waals surface area contributed by atoms with Gasteiger partial charge in [-0.3, -0.25) is 14.5 Å². The van der Waals surface area contributed by atoms with Crippen LogP contribution in [0, 0.1) is 0 Å².